The Bertz CT molecular complexity index is 1090. The summed E-state index contributed by atoms with van der Waals surface area (Å²) >= 11 is 0. The molecule has 0 radical (unpaired) electrons. The molecule has 2 bridgehead atoms. The summed E-state index contributed by atoms with van der Waals surface area (Å²) in [6, 6.07) is 1.33. The van der Waals surface area contributed by atoms with E-state index in [4.69, 9.17) is 18.6 Å². The zero-order valence-corrected chi connectivity index (χ0v) is 21.9. The van der Waals surface area contributed by atoms with Gasteiger partial charge in [-0.15, -0.1) is 0 Å². The summed E-state index contributed by atoms with van der Waals surface area (Å²) in [5, 5.41) is 0. The van der Waals surface area contributed by atoms with Crippen molar-refractivity contribution in [3.05, 3.63) is 58.2 Å². The van der Waals surface area contributed by atoms with Crippen molar-refractivity contribution >= 4 is 11.9 Å². The van der Waals surface area contributed by atoms with Crippen LogP contribution in [-0.2, 0) is 14.3 Å². The first-order valence-electron chi connectivity index (χ1n) is 11.8. The van der Waals surface area contributed by atoms with E-state index in [1.165, 1.54) is 13.2 Å². The topological polar surface area (TPSA) is 75.0 Å². The van der Waals surface area contributed by atoms with Crippen LogP contribution in [0.4, 0.5) is 0 Å². The van der Waals surface area contributed by atoms with Crippen molar-refractivity contribution in [1.29, 1.82) is 0 Å². The summed E-state index contributed by atoms with van der Waals surface area (Å²) in [4.78, 5) is 25.0. The first kappa shape index (κ1) is 26.2. The summed E-state index contributed by atoms with van der Waals surface area (Å²) in [6.45, 7) is 15.8. The second-order valence-corrected chi connectivity index (χ2v) is 11.1. The Labute approximate surface area is 202 Å². The quantitative estimate of drug-likeness (QED) is 0.516. The number of hydrogen-bond acceptors (Lipinski definition) is 6. The highest BCUT2D eigenvalue weighted by molar-refractivity contribution is 5.88. The Balaban J connectivity index is 1.76. The van der Waals surface area contributed by atoms with E-state index in [1.807, 2.05) is 79.7 Å². The molecule has 2 aliphatic heterocycles. The molecular weight excluding hydrogens is 432 g/mol. The van der Waals surface area contributed by atoms with E-state index in [2.05, 4.69) is 0 Å². The molecule has 3 heterocycles. The van der Waals surface area contributed by atoms with Gasteiger partial charge in [0.05, 0.1) is 36.4 Å². The zero-order chi connectivity index (χ0) is 25.5. The lowest BCUT2D eigenvalue weighted by Crippen LogP contribution is -2.61. The lowest BCUT2D eigenvalue weighted by Gasteiger charge is -2.50. The molecule has 0 saturated carbocycles. The Morgan fingerprint density at radius 1 is 1.15 bits per heavy atom. The fourth-order valence-electron chi connectivity index (χ4n) is 5.47. The predicted octanol–water partition coefficient (Wildman–Crippen LogP) is 5.43. The van der Waals surface area contributed by atoms with E-state index >= 15 is 0 Å². The van der Waals surface area contributed by atoms with Crippen LogP contribution in [0.25, 0.3) is 6.08 Å². The van der Waals surface area contributed by atoms with Crippen molar-refractivity contribution < 1.29 is 23.4 Å². The highest BCUT2D eigenvalue weighted by Crippen LogP contribution is 2.57. The first-order chi connectivity index (χ1) is 15.7. The van der Waals surface area contributed by atoms with Crippen LogP contribution in [0.1, 0.15) is 66.2 Å². The van der Waals surface area contributed by atoms with Crippen LogP contribution in [0.3, 0.4) is 0 Å². The normalized spacial score (nSPS) is 33.9. The standard InChI is InChI=1S/C28H38O6/c1-18-20(32-22(29)16-21(18)31-9)14-12-10-11-13-15-26(6)17-27(7)23(24(30)25(3,4)5)28(8,34-26)19(2)33-27/h10-16,19,23H,17H2,1-9H3/b11-10+,14-12+,15-13+/t19-,23+,26+,27+,28+/m1/s1. The second kappa shape index (κ2) is 8.97. The van der Waals surface area contributed by atoms with Gasteiger partial charge in [0.1, 0.15) is 22.9 Å². The molecule has 34 heavy (non-hydrogen) atoms. The molecule has 0 spiro atoms. The van der Waals surface area contributed by atoms with Crippen molar-refractivity contribution in [2.75, 3.05) is 7.11 Å². The summed E-state index contributed by atoms with van der Waals surface area (Å²) < 4.78 is 23.5. The van der Waals surface area contributed by atoms with E-state index in [-0.39, 0.29) is 17.8 Å². The van der Waals surface area contributed by atoms with Gasteiger partial charge in [0, 0.05) is 17.4 Å². The number of fused-ring (bicyclic) bond motifs is 2. The summed E-state index contributed by atoms with van der Waals surface area (Å²) in [5.41, 5.74) is -2.04. The first-order valence-corrected chi connectivity index (χ1v) is 11.8. The third-order valence-corrected chi connectivity index (χ3v) is 7.04. The lowest BCUT2D eigenvalue weighted by atomic mass is 9.64. The van der Waals surface area contributed by atoms with E-state index < -0.39 is 27.8 Å². The molecule has 0 unspecified atom stereocenters. The molecule has 1 aromatic heterocycles. The van der Waals surface area contributed by atoms with Gasteiger partial charge in [0.2, 0.25) is 0 Å². The highest BCUT2D eigenvalue weighted by atomic mass is 16.6. The van der Waals surface area contributed by atoms with Crippen molar-refractivity contribution in [1.82, 2.24) is 0 Å². The third-order valence-electron chi connectivity index (χ3n) is 7.04. The fraction of sp³-hybridized carbons (Fsp3) is 0.571. The summed E-state index contributed by atoms with van der Waals surface area (Å²) in [6.07, 6.45) is 11.6. The van der Waals surface area contributed by atoms with Crippen LogP contribution < -0.4 is 10.4 Å². The molecule has 0 N–H and O–H groups in total. The SMILES string of the molecule is COc1cc(=O)oc(/C=C/C=C/C=C/[C@@]2(C)C[C@]3(C)O[C@H](C)[C@](C)(O2)[C@H]3C(=O)C(C)(C)C)c1C. The smallest absolute Gasteiger partial charge is 0.339 e. The van der Waals surface area contributed by atoms with Gasteiger partial charge in [-0.3, -0.25) is 4.79 Å². The minimum atomic E-state index is -0.707. The molecule has 0 aliphatic carbocycles. The molecule has 6 heteroatoms. The Kier molecular flexibility index (Phi) is 6.90. The van der Waals surface area contributed by atoms with Crippen LogP contribution in [0.15, 0.2) is 45.7 Å². The molecule has 186 valence electrons. The van der Waals surface area contributed by atoms with Gasteiger partial charge in [-0.25, -0.2) is 4.79 Å². The van der Waals surface area contributed by atoms with E-state index in [9.17, 15) is 9.59 Å². The number of rotatable bonds is 6. The van der Waals surface area contributed by atoms with E-state index in [0.29, 0.717) is 17.9 Å². The number of methoxy groups -OCH3 is 1. The van der Waals surface area contributed by atoms with Gasteiger partial charge >= 0.3 is 5.63 Å². The minimum Gasteiger partial charge on any atom is -0.496 e. The van der Waals surface area contributed by atoms with Crippen molar-refractivity contribution in [2.45, 2.75) is 84.7 Å². The van der Waals surface area contributed by atoms with Crippen LogP contribution in [0, 0.1) is 18.3 Å². The molecule has 5 atom stereocenters. The molecule has 0 amide bonds. The highest BCUT2D eigenvalue weighted by Gasteiger charge is 2.68. The van der Waals surface area contributed by atoms with Gasteiger partial charge in [0.25, 0.3) is 0 Å². The maximum absolute atomic E-state index is 13.4. The maximum Gasteiger partial charge on any atom is 0.339 e. The molecular formula is C28H38O6. The van der Waals surface area contributed by atoms with E-state index in [1.54, 1.807) is 12.2 Å². The van der Waals surface area contributed by atoms with Crippen molar-refractivity contribution in [3.8, 4) is 5.75 Å². The fourth-order valence-corrected chi connectivity index (χ4v) is 5.47. The third kappa shape index (κ3) is 4.84. The van der Waals surface area contributed by atoms with Crippen molar-refractivity contribution in [3.63, 3.8) is 0 Å². The number of ether oxygens (including phenoxy) is 3. The summed E-state index contributed by atoms with van der Waals surface area (Å²) in [7, 11) is 1.52. The Morgan fingerprint density at radius 2 is 1.79 bits per heavy atom. The number of ketones is 1. The Morgan fingerprint density at radius 3 is 2.38 bits per heavy atom. The van der Waals surface area contributed by atoms with Gasteiger partial charge in [0.15, 0.2) is 0 Å². The molecule has 2 aliphatic rings. The van der Waals surface area contributed by atoms with Crippen molar-refractivity contribution in [2.24, 2.45) is 11.3 Å². The molecule has 6 nitrogen and oxygen atoms in total. The van der Waals surface area contributed by atoms with Gasteiger partial charge in [-0.2, -0.15) is 0 Å². The lowest BCUT2D eigenvalue weighted by molar-refractivity contribution is -0.191. The largest absolute Gasteiger partial charge is 0.496 e. The Hall–Kier alpha value is -2.44. The van der Waals surface area contributed by atoms with Crippen LogP contribution >= 0.6 is 0 Å². The van der Waals surface area contributed by atoms with Gasteiger partial charge in [-0.1, -0.05) is 51.2 Å². The second-order valence-electron chi connectivity index (χ2n) is 11.1. The molecule has 3 rings (SSSR count). The number of allylic oxidation sites excluding steroid dienone is 4. The molecule has 1 aromatic rings. The average molecular weight is 471 g/mol. The molecule has 2 saturated heterocycles. The predicted molar refractivity (Wildman–Crippen MR) is 133 cm³/mol. The average Bonchev–Trinajstić information content (AvgIpc) is 2.83. The zero-order valence-electron chi connectivity index (χ0n) is 21.9. The van der Waals surface area contributed by atoms with E-state index in [0.717, 1.165) is 5.56 Å². The van der Waals surface area contributed by atoms with Gasteiger partial charge < -0.3 is 18.6 Å². The van der Waals surface area contributed by atoms with Crippen LogP contribution in [-0.4, -0.2) is 35.8 Å². The molecule has 2 fully saturated rings. The molecule has 0 aromatic carbocycles. The number of carbonyl (C=O) groups excluding carboxylic acids is 1. The minimum absolute atomic E-state index is 0.178. The number of hydrogen-bond donors (Lipinski definition) is 0. The van der Waals surface area contributed by atoms with Crippen LogP contribution in [0.2, 0.25) is 0 Å². The monoisotopic (exact) mass is 470 g/mol. The maximum atomic E-state index is 13.4. The van der Waals surface area contributed by atoms with Crippen LogP contribution in [0.5, 0.6) is 5.75 Å². The number of carbonyl (C=O) groups is 1. The summed E-state index contributed by atoms with van der Waals surface area (Å²) in [5.74, 6) is 0.810. The van der Waals surface area contributed by atoms with Gasteiger partial charge in [-0.05, 0) is 40.7 Å². The number of Topliss-reactive ketones (excluding diaryl/α,β-unsaturated/α-hetero) is 1.